The molecule has 0 radical (unpaired) electrons. The molecule has 2 unspecified atom stereocenters. The fourth-order valence-electron chi connectivity index (χ4n) is 1.18. The Balaban J connectivity index is 1.85. The van der Waals surface area contributed by atoms with E-state index >= 15 is 0 Å². The van der Waals surface area contributed by atoms with Gasteiger partial charge in [-0.2, -0.15) is 0 Å². The summed E-state index contributed by atoms with van der Waals surface area (Å²) >= 11 is 0. The lowest BCUT2D eigenvalue weighted by Crippen LogP contribution is -2.23. The Hall–Kier alpha value is -0.570. The summed E-state index contributed by atoms with van der Waals surface area (Å²) < 4.78 is 0. The molecule has 0 aromatic rings. The second-order valence-corrected chi connectivity index (χ2v) is 3.39. The van der Waals surface area contributed by atoms with E-state index in [9.17, 15) is 4.79 Å². The van der Waals surface area contributed by atoms with Gasteiger partial charge in [0.2, 0.25) is 5.91 Å². The predicted molar refractivity (Wildman–Crippen MR) is 44.0 cm³/mol. The van der Waals surface area contributed by atoms with Crippen molar-refractivity contribution in [1.29, 1.82) is 0 Å². The lowest BCUT2D eigenvalue weighted by molar-refractivity contribution is -0.117. The zero-order chi connectivity index (χ0) is 8.27. The summed E-state index contributed by atoms with van der Waals surface area (Å²) in [6.07, 6.45) is 1.80. The lowest BCUT2D eigenvalue weighted by Gasteiger charge is -2.00. The van der Waals surface area contributed by atoms with E-state index in [1.54, 1.807) is 0 Å². The number of amides is 1. The summed E-state index contributed by atoms with van der Waals surface area (Å²) in [5.41, 5.74) is 4.97. The summed E-state index contributed by atoms with van der Waals surface area (Å²) in [6.45, 7) is 4.04. The molecule has 0 aromatic heterocycles. The summed E-state index contributed by atoms with van der Waals surface area (Å²) in [7, 11) is 0. The van der Waals surface area contributed by atoms with Crippen molar-refractivity contribution < 1.29 is 4.79 Å². The third kappa shape index (κ3) is 3.37. The van der Waals surface area contributed by atoms with Gasteiger partial charge in [0.25, 0.3) is 0 Å². The van der Waals surface area contributed by atoms with Crippen molar-refractivity contribution in [3.63, 3.8) is 0 Å². The molecule has 64 valence electrons. The van der Waals surface area contributed by atoms with Crippen LogP contribution in [0, 0.1) is 11.8 Å². The highest BCUT2D eigenvalue weighted by molar-refractivity contribution is 5.73. The molecule has 11 heavy (non-hydrogen) atoms. The maximum Gasteiger partial charge on any atom is 0.218 e. The Bertz CT molecular complexity index is 147. The number of carbonyl (C=O) groups is 1. The zero-order valence-corrected chi connectivity index (χ0v) is 6.97. The molecular formula is C8H16N2O. The van der Waals surface area contributed by atoms with Crippen LogP contribution in [0.1, 0.15) is 19.8 Å². The molecule has 0 bridgehead atoms. The second-order valence-electron chi connectivity index (χ2n) is 3.39. The van der Waals surface area contributed by atoms with E-state index in [0.29, 0.717) is 6.42 Å². The number of rotatable bonds is 5. The maximum atomic E-state index is 10.3. The quantitative estimate of drug-likeness (QED) is 0.555. The fraction of sp³-hybridized carbons (Fsp3) is 0.875. The standard InChI is InChI=1S/C8H16N2O/c1-6-4-7(6)5-10-3-2-8(9)11/h6-7,10H,2-5H2,1H3,(H2,9,11). The van der Waals surface area contributed by atoms with Crippen molar-refractivity contribution in [2.24, 2.45) is 17.6 Å². The number of primary amides is 1. The maximum absolute atomic E-state index is 10.3. The van der Waals surface area contributed by atoms with E-state index in [4.69, 9.17) is 5.73 Å². The van der Waals surface area contributed by atoms with E-state index in [1.807, 2.05) is 0 Å². The van der Waals surface area contributed by atoms with E-state index in [-0.39, 0.29) is 5.91 Å². The number of hydrogen-bond acceptors (Lipinski definition) is 2. The van der Waals surface area contributed by atoms with Gasteiger partial charge in [-0.1, -0.05) is 6.92 Å². The number of nitrogens with one attached hydrogen (secondary N) is 1. The van der Waals surface area contributed by atoms with E-state index in [2.05, 4.69) is 12.2 Å². The molecule has 1 fully saturated rings. The van der Waals surface area contributed by atoms with Crippen molar-refractivity contribution in [3.8, 4) is 0 Å². The van der Waals surface area contributed by atoms with Crippen molar-refractivity contribution >= 4 is 5.91 Å². The molecule has 3 nitrogen and oxygen atoms in total. The summed E-state index contributed by atoms with van der Waals surface area (Å²) in [5.74, 6) is 1.51. The third-order valence-corrected chi connectivity index (χ3v) is 2.23. The monoisotopic (exact) mass is 156 g/mol. The van der Waals surface area contributed by atoms with Gasteiger partial charge in [-0.3, -0.25) is 4.79 Å². The SMILES string of the molecule is CC1CC1CNCCC(N)=O. The summed E-state index contributed by atoms with van der Waals surface area (Å²) in [5, 5.41) is 3.21. The van der Waals surface area contributed by atoms with Gasteiger partial charge in [0.1, 0.15) is 0 Å². The molecule has 2 atom stereocenters. The van der Waals surface area contributed by atoms with Crippen LogP contribution in [-0.2, 0) is 4.79 Å². The zero-order valence-electron chi connectivity index (χ0n) is 6.97. The largest absolute Gasteiger partial charge is 0.370 e. The third-order valence-electron chi connectivity index (χ3n) is 2.23. The Morgan fingerprint density at radius 2 is 2.36 bits per heavy atom. The van der Waals surface area contributed by atoms with Gasteiger partial charge in [-0.15, -0.1) is 0 Å². The van der Waals surface area contributed by atoms with Gasteiger partial charge in [0, 0.05) is 13.0 Å². The molecule has 1 aliphatic carbocycles. The van der Waals surface area contributed by atoms with Gasteiger partial charge >= 0.3 is 0 Å². The van der Waals surface area contributed by atoms with Crippen LogP contribution < -0.4 is 11.1 Å². The highest BCUT2D eigenvalue weighted by Gasteiger charge is 2.31. The van der Waals surface area contributed by atoms with Crippen LogP contribution in [0.15, 0.2) is 0 Å². The molecule has 3 heteroatoms. The average Bonchev–Trinajstić information content (AvgIpc) is 2.59. The van der Waals surface area contributed by atoms with Gasteiger partial charge in [-0.05, 0) is 24.8 Å². The molecule has 0 aliphatic heterocycles. The molecule has 3 N–H and O–H groups in total. The second kappa shape index (κ2) is 3.72. The Morgan fingerprint density at radius 1 is 1.73 bits per heavy atom. The number of hydrogen-bond donors (Lipinski definition) is 2. The first-order valence-electron chi connectivity index (χ1n) is 4.19. The van der Waals surface area contributed by atoms with E-state index in [1.165, 1.54) is 6.42 Å². The van der Waals surface area contributed by atoms with Crippen LogP contribution in [0.3, 0.4) is 0 Å². The summed E-state index contributed by atoms with van der Waals surface area (Å²) in [4.78, 5) is 10.3. The molecule has 1 aliphatic rings. The molecule has 0 saturated heterocycles. The molecular weight excluding hydrogens is 140 g/mol. The van der Waals surface area contributed by atoms with Crippen LogP contribution in [0.2, 0.25) is 0 Å². The van der Waals surface area contributed by atoms with Gasteiger partial charge in [0.15, 0.2) is 0 Å². The van der Waals surface area contributed by atoms with E-state index < -0.39 is 0 Å². The van der Waals surface area contributed by atoms with Crippen molar-refractivity contribution in [2.75, 3.05) is 13.1 Å². The topological polar surface area (TPSA) is 55.1 Å². The molecule has 1 saturated carbocycles. The Labute approximate surface area is 67.3 Å². The van der Waals surface area contributed by atoms with Gasteiger partial charge in [0.05, 0.1) is 0 Å². The minimum Gasteiger partial charge on any atom is -0.370 e. The predicted octanol–water partition coefficient (Wildman–Crippen LogP) is 0.107. The Morgan fingerprint density at radius 3 is 2.82 bits per heavy atom. The highest BCUT2D eigenvalue weighted by atomic mass is 16.1. The molecule has 1 amide bonds. The average molecular weight is 156 g/mol. The fourth-order valence-corrected chi connectivity index (χ4v) is 1.18. The number of nitrogens with two attached hydrogens (primary N) is 1. The Kier molecular flexibility index (Phi) is 2.88. The minimum atomic E-state index is -0.221. The molecule has 0 spiro atoms. The first-order valence-corrected chi connectivity index (χ1v) is 4.19. The smallest absolute Gasteiger partial charge is 0.218 e. The van der Waals surface area contributed by atoms with Crippen LogP contribution in [0.4, 0.5) is 0 Å². The minimum absolute atomic E-state index is 0.221. The molecule has 0 heterocycles. The van der Waals surface area contributed by atoms with Crippen molar-refractivity contribution in [1.82, 2.24) is 5.32 Å². The van der Waals surface area contributed by atoms with Crippen LogP contribution in [0.5, 0.6) is 0 Å². The molecule has 1 rings (SSSR count). The lowest BCUT2D eigenvalue weighted by atomic mass is 10.3. The first kappa shape index (κ1) is 8.53. The van der Waals surface area contributed by atoms with Crippen LogP contribution >= 0.6 is 0 Å². The van der Waals surface area contributed by atoms with Gasteiger partial charge < -0.3 is 11.1 Å². The number of carbonyl (C=O) groups excluding carboxylic acids is 1. The van der Waals surface area contributed by atoms with Crippen molar-refractivity contribution in [3.05, 3.63) is 0 Å². The van der Waals surface area contributed by atoms with E-state index in [0.717, 1.165) is 24.9 Å². The van der Waals surface area contributed by atoms with Gasteiger partial charge in [-0.25, -0.2) is 0 Å². The van der Waals surface area contributed by atoms with Crippen LogP contribution in [-0.4, -0.2) is 19.0 Å². The van der Waals surface area contributed by atoms with Crippen molar-refractivity contribution in [2.45, 2.75) is 19.8 Å². The first-order chi connectivity index (χ1) is 5.20. The molecule has 0 aromatic carbocycles. The summed E-state index contributed by atoms with van der Waals surface area (Å²) in [6, 6.07) is 0. The normalized spacial score (nSPS) is 28.5. The van der Waals surface area contributed by atoms with Crippen LogP contribution in [0.25, 0.3) is 0 Å². The highest BCUT2D eigenvalue weighted by Crippen LogP contribution is 2.36.